The van der Waals surface area contributed by atoms with Crippen molar-refractivity contribution in [1.29, 1.82) is 0 Å². The van der Waals surface area contributed by atoms with Gasteiger partial charge in [-0.3, -0.25) is 4.98 Å². The van der Waals surface area contributed by atoms with E-state index in [1.807, 2.05) is 6.07 Å². The zero-order valence-corrected chi connectivity index (χ0v) is 12.3. The van der Waals surface area contributed by atoms with Crippen LogP contribution >= 0.6 is 11.6 Å². The standard InChI is InChI=1S/C15H13ClF2N2O2/c16-10-5-9(6-13-15(10)22-4-3-21-13)1-2-20-14-11(17)7-19-8-12(14)18/h5-8H,1-4H2,(H,19,20). The molecule has 0 bridgehead atoms. The largest absolute Gasteiger partial charge is 0.486 e. The van der Waals surface area contributed by atoms with Gasteiger partial charge in [0.2, 0.25) is 0 Å². The number of anilines is 1. The van der Waals surface area contributed by atoms with Gasteiger partial charge in [-0.1, -0.05) is 11.6 Å². The summed E-state index contributed by atoms with van der Waals surface area (Å²) in [5.74, 6) is -0.314. The van der Waals surface area contributed by atoms with Gasteiger partial charge in [0, 0.05) is 6.54 Å². The average molecular weight is 327 g/mol. The molecule has 2 aromatic rings. The molecule has 1 aromatic heterocycles. The van der Waals surface area contributed by atoms with Gasteiger partial charge in [-0.25, -0.2) is 8.78 Å². The van der Waals surface area contributed by atoms with Crippen molar-refractivity contribution in [2.45, 2.75) is 6.42 Å². The summed E-state index contributed by atoms with van der Waals surface area (Å²) < 4.78 is 37.8. The highest BCUT2D eigenvalue weighted by molar-refractivity contribution is 6.32. The summed E-state index contributed by atoms with van der Waals surface area (Å²) in [5.41, 5.74) is 0.704. The Bertz CT molecular complexity index is 677. The summed E-state index contributed by atoms with van der Waals surface area (Å²) >= 11 is 6.14. The Morgan fingerprint density at radius 2 is 1.86 bits per heavy atom. The molecule has 3 rings (SSSR count). The van der Waals surface area contributed by atoms with E-state index in [1.165, 1.54) is 0 Å². The molecular weight excluding hydrogens is 314 g/mol. The highest BCUT2D eigenvalue weighted by Gasteiger charge is 2.16. The first-order valence-corrected chi connectivity index (χ1v) is 7.14. The van der Waals surface area contributed by atoms with Crippen molar-refractivity contribution in [2.24, 2.45) is 0 Å². The highest BCUT2D eigenvalue weighted by atomic mass is 35.5. The molecule has 1 aromatic carbocycles. The van der Waals surface area contributed by atoms with Gasteiger partial charge >= 0.3 is 0 Å². The fourth-order valence-corrected chi connectivity index (χ4v) is 2.51. The molecule has 22 heavy (non-hydrogen) atoms. The van der Waals surface area contributed by atoms with Crippen LogP contribution in [0.5, 0.6) is 11.5 Å². The second-order valence-corrected chi connectivity index (χ2v) is 5.16. The molecule has 116 valence electrons. The number of hydrogen-bond donors (Lipinski definition) is 1. The fraction of sp³-hybridized carbons (Fsp3) is 0.267. The van der Waals surface area contributed by atoms with Gasteiger partial charge in [-0.15, -0.1) is 0 Å². The Morgan fingerprint density at radius 3 is 2.64 bits per heavy atom. The summed E-state index contributed by atoms with van der Waals surface area (Å²) in [4.78, 5) is 3.43. The lowest BCUT2D eigenvalue weighted by molar-refractivity contribution is 0.171. The maximum Gasteiger partial charge on any atom is 0.179 e. The van der Waals surface area contributed by atoms with Crippen molar-refractivity contribution >= 4 is 17.3 Å². The van der Waals surface area contributed by atoms with E-state index in [0.717, 1.165) is 18.0 Å². The minimum absolute atomic E-state index is 0.182. The topological polar surface area (TPSA) is 43.4 Å². The molecule has 1 N–H and O–H groups in total. The Labute approximate surface area is 131 Å². The van der Waals surface area contributed by atoms with Crippen LogP contribution in [0.15, 0.2) is 24.5 Å². The summed E-state index contributed by atoms with van der Waals surface area (Å²) in [6, 6.07) is 3.58. The Balaban J connectivity index is 1.68. The number of benzene rings is 1. The molecule has 0 spiro atoms. The van der Waals surface area contributed by atoms with Crippen LogP contribution in [0.1, 0.15) is 5.56 Å². The molecule has 0 fully saturated rings. The summed E-state index contributed by atoms with van der Waals surface area (Å²) in [6.07, 6.45) is 2.45. The zero-order chi connectivity index (χ0) is 15.5. The van der Waals surface area contributed by atoms with E-state index >= 15 is 0 Å². The monoisotopic (exact) mass is 326 g/mol. The maximum absolute atomic E-state index is 13.4. The number of rotatable bonds is 4. The number of nitrogens with zero attached hydrogens (tertiary/aromatic N) is 1. The molecule has 4 nitrogen and oxygen atoms in total. The molecule has 0 amide bonds. The van der Waals surface area contributed by atoms with E-state index in [-0.39, 0.29) is 5.69 Å². The number of fused-ring (bicyclic) bond motifs is 1. The Hall–Kier alpha value is -2.08. The highest BCUT2D eigenvalue weighted by Crippen LogP contribution is 2.38. The Kier molecular flexibility index (Phi) is 4.29. The van der Waals surface area contributed by atoms with Gasteiger partial charge in [0.15, 0.2) is 23.1 Å². The van der Waals surface area contributed by atoms with Crippen molar-refractivity contribution < 1.29 is 18.3 Å². The first kappa shape index (κ1) is 14.8. The summed E-state index contributed by atoms with van der Waals surface area (Å²) in [5, 5.41) is 3.19. The molecule has 0 radical (unpaired) electrons. The minimum Gasteiger partial charge on any atom is -0.486 e. The van der Waals surface area contributed by atoms with Gasteiger partial charge in [0.05, 0.1) is 17.4 Å². The van der Waals surface area contributed by atoms with Crippen LogP contribution in [0.25, 0.3) is 0 Å². The Morgan fingerprint density at radius 1 is 1.14 bits per heavy atom. The number of pyridine rings is 1. The molecule has 1 aliphatic rings. The quantitative estimate of drug-likeness (QED) is 0.934. The van der Waals surface area contributed by atoms with E-state index < -0.39 is 11.6 Å². The average Bonchev–Trinajstić information content (AvgIpc) is 2.50. The SMILES string of the molecule is Fc1cncc(F)c1NCCc1cc(Cl)c2c(c1)OCCO2. The lowest BCUT2D eigenvalue weighted by Crippen LogP contribution is -2.16. The third-order valence-corrected chi connectivity index (χ3v) is 3.51. The first-order chi connectivity index (χ1) is 10.6. The van der Waals surface area contributed by atoms with E-state index in [9.17, 15) is 8.78 Å². The molecular formula is C15H13ClF2N2O2. The second kappa shape index (κ2) is 6.36. The number of aromatic nitrogens is 1. The number of nitrogens with one attached hydrogen (secondary N) is 1. The van der Waals surface area contributed by atoms with Crippen LogP contribution in [0.3, 0.4) is 0 Å². The molecule has 0 saturated heterocycles. The lowest BCUT2D eigenvalue weighted by Gasteiger charge is -2.20. The van der Waals surface area contributed by atoms with Crippen LogP contribution in [-0.4, -0.2) is 24.7 Å². The van der Waals surface area contributed by atoms with Crippen molar-refractivity contribution in [2.75, 3.05) is 25.1 Å². The van der Waals surface area contributed by atoms with Crippen LogP contribution in [0.4, 0.5) is 14.5 Å². The number of ether oxygens (including phenoxy) is 2. The zero-order valence-electron chi connectivity index (χ0n) is 11.5. The first-order valence-electron chi connectivity index (χ1n) is 6.76. The lowest BCUT2D eigenvalue weighted by atomic mass is 10.1. The van der Waals surface area contributed by atoms with Crippen LogP contribution < -0.4 is 14.8 Å². The summed E-state index contributed by atoms with van der Waals surface area (Å²) in [6.45, 7) is 1.28. The van der Waals surface area contributed by atoms with E-state index in [4.69, 9.17) is 21.1 Å². The molecule has 0 saturated carbocycles. The number of hydrogen-bond acceptors (Lipinski definition) is 4. The smallest absolute Gasteiger partial charge is 0.179 e. The van der Waals surface area contributed by atoms with Gasteiger partial charge in [-0.05, 0) is 24.1 Å². The predicted octanol–water partition coefficient (Wildman–Crippen LogP) is 3.44. The third kappa shape index (κ3) is 3.06. The van der Waals surface area contributed by atoms with Crippen molar-refractivity contribution in [3.05, 3.63) is 46.7 Å². The van der Waals surface area contributed by atoms with Crippen molar-refractivity contribution in [3.63, 3.8) is 0 Å². The van der Waals surface area contributed by atoms with Crippen LogP contribution in [-0.2, 0) is 6.42 Å². The van der Waals surface area contributed by atoms with Gasteiger partial charge in [0.25, 0.3) is 0 Å². The van der Waals surface area contributed by atoms with Gasteiger partial charge in [-0.2, -0.15) is 0 Å². The van der Waals surface area contributed by atoms with E-state index in [0.29, 0.717) is 42.7 Å². The maximum atomic E-state index is 13.4. The molecule has 0 unspecified atom stereocenters. The molecule has 2 heterocycles. The van der Waals surface area contributed by atoms with Gasteiger partial charge < -0.3 is 14.8 Å². The second-order valence-electron chi connectivity index (χ2n) is 4.76. The third-order valence-electron chi connectivity index (χ3n) is 3.23. The molecule has 0 aliphatic carbocycles. The normalized spacial score (nSPS) is 13.0. The number of halogens is 3. The van der Waals surface area contributed by atoms with E-state index in [1.54, 1.807) is 6.07 Å². The molecule has 7 heteroatoms. The van der Waals surface area contributed by atoms with E-state index in [2.05, 4.69) is 10.3 Å². The van der Waals surface area contributed by atoms with Crippen LogP contribution in [0.2, 0.25) is 5.02 Å². The van der Waals surface area contributed by atoms with Crippen molar-refractivity contribution in [1.82, 2.24) is 4.98 Å². The molecule has 0 atom stereocenters. The predicted molar refractivity (Wildman–Crippen MR) is 78.8 cm³/mol. The van der Waals surface area contributed by atoms with Crippen molar-refractivity contribution in [3.8, 4) is 11.5 Å². The molecule has 1 aliphatic heterocycles. The van der Waals surface area contributed by atoms with Gasteiger partial charge in [0.1, 0.15) is 18.9 Å². The minimum atomic E-state index is -0.722. The summed E-state index contributed by atoms with van der Waals surface area (Å²) in [7, 11) is 0. The fourth-order valence-electron chi connectivity index (χ4n) is 2.22. The van der Waals surface area contributed by atoms with Crippen LogP contribution in [0, 0.1) is 11.6 Å².